The number of aromatic nitrogens is 3. The number of rotatable bonds is 4. The summed E-state index contributed by atoms with van der Waals surface area (Å²) < 4.78 is 43.8. The van der Waals surface area contributed by atoms with Gasteiger partial charge in [0.05, 0.1) is 24.5 Å². The highest BCUT2D eigenvalue weighted by Crippen LogP contribution is 2.31. The second kappa shape index (κ2) is 8.76. The third-order valence-electron chi connectivity index (χ3n) is 5.69. The van der Waals surface area contributed by atoms with Crippen molar-refractivity contribution in [3.63, 3.8) is 0 Å². The molecule has 10 heteroatoms. The summed E-state index contributed by atoms with van der Waals surface area (Å²) in [7, 11) is 0. The number of alkyl halides is 3. The van der Waals surface area contributed by atoms with E-state index in [1.807, 2.05) is 6.20 Å². The maximum atomic E-state index is 12.8. The van der Waals surface area contributed by atoms with Crippen LogP contribution in [0.3, 0.4) is 0 Å². The van der Waals surface area contributed by atoms with Crippen LogP contribution in [0.15, 0.2) is 36.7 Å². The van der Waals surface area contributed by atoms with Crippen LogP contribution in [-0.2, 0) is 30.4 Å². The number of halogens is 3. The van der Waals surface area contributed by atoms with Crippen molar-refractivity contribution in [2.24, 2.45) is 0 Å². The fourth-order valence-corrected chi connectivity index (χ4v) is 4.95. The Morgan fingerprint density at radius 3 is 2.53 bits per heavy atom. The first kappa shape index (κ1) is 21.3. The van der Waals surface area contributed by atoms with E-state index < -0.39 is 11.7 Å². The summed E-state index contributed by atoms with van der Waals surface area (Å²) in [6.45, 7) is 5.67. The molecule has 6 nitrogen and oxygen atoms in total. The lowest BCUT2D eigenvalue weighted by Crippen LogP contribution is -2.36. The van der Waals surface area contributed by atoms with Crippen LogP contribution >= 0.6 is 11.3 Å². The van der Waals surface area contributed by atoms with Crippen LogP contribution in [0.5, 0.6) is 0 Å². The topological polar surface area (TPSA) is 54.4 Å². The Hall–Kier alpha value is -2.56. The zero-order valence-electron chi connectivity index (χ0n) is 17.3. The van der Waals surface area contributed by atoms with Crippen LogP contribution < -0.4 is 4.90 Å². The van der Waals surface area contributed by atoms with Gasteiger partial charge in [-0.05, 0) is 12.1 Å². The van der Waals surface area contributed by atoms with Gasteiger partial charge in [-0.1, -0.05) is 12.1 Å². The van der Waals surface area contributed by atoms with E-state index in [1.54, 1.807) is 17.5 Å². The third kappa shape index (κ3) is 4.62. The molecule has 1 saturated heterocycles. The molecule has 5 rings (SSSR count). The molecule has 0 saturated carbocycles. The van der Waals surface area contributed by atoms with Crippen LogP contribution in [-0.4, -0.2) is 52.7 Å². The van der Waals surface area contributed by atoms with Gasteiger partial charge in [0.2, 0.25) is 0 Å². The molecule has 0 amide bonds. The minimum atomic E-state index is -4.35. The normalized spacial score (nSPS) is 17.4. The number of anilines is 1. The standard InChI is InChI=1S/C22H22F3N5OS/c23-22(24,25)17-3-1-15(2-4-17)20-26-11-16-13-29(6-5-19(16)28-20)14-18-12-27-21(32-18)30-7-9-31-10-8-30/h1-4,11-12H,5-10,13-14H2. The van der Waals surface area contributed by atoms with E-state index in [-0.39, 0.29) is 0 Å². The molecule has 0 atom stereocenters. The maximum absolute atomic E-state index is 12.8. The van der Waals surface area contributed by atoms with Gasteiger partial charge in [0.15, 0.2) is 11.0 Å². The van der Waals surface area contributed by atoms with Gasteiger partial charge in [0.1, 0.15) is 0 Å². The van der Waals surface area contributed by atoms with Crippen molar-refractivity contribution in [2.45, 2.75) is 25.7 Å². The molecule has 0 aliphatic carbocycles. The average molecular weight is 462 g/mol. The molecule has 0 radical (unpaired) electrons. The zero-order valence-corrected chi connectivity index (χ0v) is 18.1. The smallest absolute Gasteiger partial charge is 0.378 e. The van der Waals surface area contributed by atoms with E-state index in [0.717, 1.165) is 80.9 Å². The SMILES string of the molecule is FC(F)(F)c1ccc(-c2ncc3c(n2)CCN(Cc2cnc(N4CCOCC4)s2)C3)cc1. The number of hydrogen-bond acceptors (Lipinski definition) is 7. The predicted molar refractivity (Wildman–Crippen MR) is 115 cm³/mol. The summed E-state index contributed by atoms with van der Waals surface area (Å²) >= 11 is 1.72. The van der Waals surface area contributed by atoms with E-state index >= 15 is 0 Å². The quantitative estimate of drug-likeness (QED) is 0.585. The van der Waals surface area contributed by atoms with Gasteiger partial charge in [0.25, 0.3) is 0 Å². The lowest BCUT2D eigenvalue weighted by Gasteiger charge is -2.27. The Kier molecular flexibility index (Phi) is 5.83. The van der Waals surface area contributed by atoms with E-state index in [1.165, 1.54) is 17.0 Å². The number of morpholine rings is 1. The van der Waals surface area contributed by atoms with E-state index in [0.29, 0.717) is 11.4 Å². The molecule has 0 N–H and O–H groups in total. The van der Waals surface area contributed by atoms with Crippen LogP contribution in [0.1, 0.15) is 21.7 Å². The monoisotopic (exact) mass is 461 g/mol. The number of hydrogen-bond donors (Lipinski definition) is 0. The molecule has 2 aliphatic heterocycles. The minimum Gasteiger partial charge on any atom is -0.378 e. The fraction of sp³-hybridized carbons (Fsp3) is 0.409. The van der Waals surface area contributed by atoms with Crippen LogP contribution in [0.2, 0.25) is 0 Å². The summed E-state index contributed by atoms with van der Waals surface area (Å²) in [5, 5.41) is 1.05. The van der Waals surface area contributed by atoms with Crippen LogP contribution in [0.4, 0.5) is 18.3 Å². The Labute approximate surface area is 187 Å². The molecule has 0 spiro atoms. The molecule has 168 valence electrons. The second-order valence-electron chi connectivity index (χ2n) is 7.91. The van der Waals surface area contributed by atoms with E-state index in [4.69, 9.17) is 4.74 Å². The summed E-state index contributed by atoms with van der Waals surface area (Å²) in [4.78, 5) is 19.5. The number of benzene rings is 1. The number of nitrogens with zero attached hydrogens (tertiary/aromatic N) is 5. The van der Waals surface area contributed by atoms with Crippen LogP contribution in [0, 0.1) is 0 Å². The first-order valence-corrected chi connectivity index (χ1v) is 11.3. The average Bonchev–Trinajstić information content (AvgIpc) is 3.27. The van der Waals surface area contributed by atoms with Crippen molar-refractivity contribution < 1.29 is 17.9 Å². The molecule has 2 aromatic heterocycles. The van der Waals surface area contributed by atoms with Crippen molar-refractivity contribution in [2.75, 3.05) is 37.7 Å². The summed E-state index contributed by atoms with van der Waals surface area (Å²) in [5.41, 5.74) is 1.94. The molecule has 1 aromatic carbocycles. The van der Waals surface area contributed by atoms with Gasteiger partial charge in [0, 0.05) is 67.5 Å². The van der Waals surface area contributed by atoms with E-state index in [2.05, 4.69) is 24.8 Å². The Balaban J connectivity index is 1.24. The lowest BCUT2D eigenvalue weighted by molar-refractivity contribution is -0.137. The lowest BCUT2D eigenvalue weighted by atomic mass is 10.1. The van der Waals surface area contributed by atoms with Gasteiger partial charge in [-0.25, -0.2) is 15.0 Å². The number of ether oxygens (including phenoxy) is 1. The number of thiazole rings is 1. The molecule has 3 aromatic rings. The highest BCUT2D eigenvalue weighted by atomic mass is 32.1. The molecule has 1 fully saturated rings. The Bertz CT molecular complexity index is 1080. The highest BCUT2D eigenvalue weighted by molar-refractivity contribution is 7.15. The molecule has 0 unspecified atom stereocenters. The maximum Gasteiger partial charge on any atom is 0.416 e. The second-order valence-corrected chi connectivity index (χ2v) is 9.00. The molecule has 0 bridgehead atoms. The highest BCUT2D eigenvalue weighted by Gasteiger charge is 2.30. The van der Waals surface area contributed by atoms with Crippen molar-refractivity contribution in [1.82, 2.24) is 19.9 Å². The third-order valence-corrected chi connectivity index (χ3v) is 6.73. The summed E-state index contributed by atoms with van der Waals surface area (Å²) in [5.74, 6) is 0.462. The minimum absolute atomic E-state index is 0.462. The van der Waals surface area contributed by atoms with Gasteiger partial charge < -0.3 is 9.64 Å². The molecule has 32 heavy (non-hydrogen) atoms. The Morgan fingerprint density at radius 1 is 1.00 bits per heavy atom. The zero-order chi connectivity index (χ0) is 22.1. The van der Waals surface area contributed by atoms with Gasteiger partial charge in [-0.2, -0.15) is 13.2 Å². The van der Waals surface area contributed by atoms with Crippen molar-refractivity contribution in [1.29, 1.82) is 0 Å². The largest absolute Gasteiger partial charge is 0.416 e. The molecule has 4 heterocycles. The first-order valence-electron chi connectivity index (χ1n) is 10.5. The molecular weight excluding hydrogens is 439 g/mol. The molecule has 2 aliphatic rings. The first-order chi connectivity index (χ1) is 15.5. The van der Waals surface area contributed by atoms with Gasteiger partial charge >= 0.3 is 6.18 Å². The van der Waals surface area contributed by atoms with Crippen molar-refractivity contribution in [3.05, 3.63) is 58.4 Å². The van der Waals surface area contributed by atoms with E-state index in [9.17, 15) is 13.2 Å². The van der Waals surface area contributed by atoms with Crippen molar-refractivity contribution >= 4 is 16.5 Å². The summed E-state index contributed by atoms with van der Waals surface area (Å²) in [6.07, 6.45) is 0.183. The van der Waals surface area contributed by atoms with Gasteiger partial charge in [-0.3, -0.25) is 4.90 Å². The number of fused-ring (bicyclic) bond motifs is 1. The van der Waals surface area contributed by atoms with Crippen molar-refractivity contribution in [3.8, 4) is 11.4 Å². The van der Waals surface area contributed by atoms with Crippen LogP contribution in [0.25, 0.3) is 11.4 Å². The molecular formula is C22H22F3N5OS. The Morgan fingerprint density at radius 2 is 1.78 bits per heavy atom. The predicted octanol–water partition coefficient (Wildman–Crippen LogP) is 4.01. The summed E-state index contributed by atoms with van der Waals surface area (Å²) in [6, 6.07) is 4.99. The van der Waals surface area contributed by atoms with Gasteiger partial charge in [-0.15, -0.1) is 11.3 Å². The fourth-order valence-electron chi connectivity index (χ4n) is 3.95.